The minimum absolute atomic E-state index is 0.452. The van der Waals surface area contributed by atoms with Crippen molar-refractivity contribution in [3.8, 4) is 5.75 Å². The molecular formula is C21H32O. The number of rotatable bonds is 5. The largest absolute Gasteiger partial charge is 0.490 e. The summed E-state index contributed by atoms with van der Waals surface area (Å²) in [5, 5.41) is 0. The summed E-state index contributed by atoms with van der Waals surface area (Å²) in [5.41, 5.74) is 3.03. The van der Waals surface area contributed by atoms with Crippen LogP contribution in [-0.4, -0.2) is 6.10 Å². The maximum Gasteiger partial charge on any atom is 0.122 e. The van der Waals surface area contributed by atoms with E-state index in [9.17, 15) is 0 Å². The van der Waals surface area contributed by atoms with Crippen molar-refractivity contribution in [3.05, 3.63) is 29.3 Å². The average molecular weight is 300 g/mol. The Morgan fingerprint density at radius 3 is 2.45 bits per heavy atom. The van der Waals surface area contributed by atoms with Gasteiger partial charge in [0, 0.05) is 0 Å². The van der Waals surface area contributed by atoms with Gasteiger partial charge in [-0.3, -0.25) is 0 Å². The van der Waals surface area contributed by atoms with E-state index in [-0.39, 0.29) is 0 Å². The van der Waals surface area contributed by atoms with Crippen LogP contribution in [0.25, 0.3) is 0 Å². The zero-order chi connectivity index (χ0) is 15.4. The predicted molar refractivity (Wildman–Crippen MR) is 93.7 cm³/mol. The molecule has 122 valence electrons. The Labute approximate surface area is 136 Å². The first-order valence-electron chi connectivity index (χ1n) is 9.59. The monoisotopic (exact) mass is 300 g/mol. The van der Waals surface area contributed by atoms with Crippen LogP contribution in [0.2, 0.25) is 0 Å². The minimum atomic E-state index is 0.452. The lowest BCUT2D eigenvalue weighted by atomic mass is 9.77. The molecule has 1 nitrogen and oxygen atoms in total. The molecule has 0 spiro atoms. The minimum Gasteiger partial charge on any atom is -0.490 e. The molecule has 1 saturated carbocycles. The van der Waals surface area contributed by atoms with Gasteiger partial charge in [-0.05, 0) is 74.0 Å². The van der Waals surface area contributed by atoms with Gasteiger partial charge in [0.2, 0.25) is 0 Å². The highest BCUT2D eigenvalue weighted by atomic mass is 16.5. The first-order chi connectivity index (χ1) is 10.8. The SMILES string of the molecule is CCCC1CCC(c2ccc3c(c2)CCC(CCC)O3)CC1. The summed E-state index contributed by atoms with van der Waals surface area (Å²) >= 11 is 0. The summed E-state index contributed by atoms with van der Waals surface area (Å²) in [4.78, 5) is 0. The molecule has 0 amide bonds. The molecule has 3 rings (SSSR count). The Kier molecular flexibility index (Phi) is 5.44. The van der Waals surface area contributed by atoms with Gasteiger partial charge in [-0.15, -0.1) is 0 Å². The third-order valence-electron chi connectivity index (χ3n) is 5.74. The fraction of sp³-hybridized carbons (Fsp3) is 0.714. The molecule has 1 aliphatic carbocycles. The van der Waals surface area contributed by atoms with Crippen molar-refractivity contribution in [1.82, 2.24) is 0 Å². The van der Waals surface area contributed by atoms with Crippen molar-refractivity contribution in [1.29, 1.82) is 0 Å². The molecule has 1 aliphatic heterocycles. The maximum atomic E-state index is 6.16. The number of aryl methyl sites for hydroxylation is 1. The van der Waals surface area contributed by atoms with Crippen LogP contribution in [0.3, 0.4) is 0 Å². The highest BCUT2D eigenvalue weighted by molar-refractivity contribution is 5.40. The molecule has 0 saturated heterocycles. The molecule has 1 heteroatoms. The highest BCUT2D eigenvalue weighted by Crippen LogP contribution is 2.39. The Morgan fingerprint density at radius 1 is 0.955 bits per heavy atom. The molecule has 1 aromatic rings. The van der Waals surface area contributed by atoms with Crippen molar-refractivity contribution in [2.75, 3.05) is 0 Å². The van der Waals surface area contributed by atoms with Gasteiger partial charge in [-0.25, -0.2) is 0 Å². The lowest BCUT2D eigenvalue weighted by molar-refractivity contribution is 0.163. The van der Waals surface area contributed by atoms with Gasteiger partial charge in [0.15, 0.2) is 0 Å². The van der Waals surface area contributed by atoms with Crippen LogP contribution in [-0.2, 0) is 6.42 Å². The van der Waals surface area contributed by atoms with Gasteiger partial charge in [0.1, 0.15) is 5.75 Å². The van der Waals surface area contributed by atoms with Gasteiger partial charge in [-0.1, -0.05) is 45.2 Å². The summed E-state index contributed by atoms with van der Waals surface area (Å²) in [7, 11) is 0. The van der Waals surface area contributed by atoms with Crippen molar-refractivity contribution in [2.45, 2.75) is 90.1 Å². The van der Waals surface area contributed by atoms with Gasteiger partial charge < -0.3 is 4.74 Å². The molecule has 22 heavy (non-hydrogen) atoms. The second-order valence-electron chi connectivity index (χ2n) is 7.44. The number of fused-ring (bicyclic) bond motifs is 1. The average Bonchev–Trinajstić information content (AvgIpc) is 2.56. The number of hydrogen-bond donors (Lipinski definition) is 0. The molecule has 1 unspecified atom stereocenters. The zero-order valence-electron chi connectivity index (χ0n) is 14.4. The topological polar surface area (TPSA) is 9.23 Å². The van der Waals surface area contributed by atoms with Crippen molar-refractivity contribution < 1.29 is 4.74 Å². The van der Waals surface area contributed by atoms with Gasteiger partial charge in [0.25, 0.3) is 0 Å². The van der Waals surface area contributed by atoms with E-state index in [0.717, 1.165) is 17.6 Å². The third kappa shape index (κ3) is 3.67. The van der Waals surface area contributed by atoms with E-state index in [1.807, 2.05) is 0 Å². The molecule has 2 aliphatic rings. The van der Waals surface area contributed by atoms with E-state index < -0.39 is 0 Å². The maximum absolute atomic E-state index is 6.16. The Hall–Kier alpha value is -0.980. The Balaban J connectivity index is 1.62. The molecule has 1 heterocycles. The number of benzene rings is 1. The van der Waals surface area contributed by atoms with E-state index in [0.29, 0.717) is 6.10 Å². The summed E-state index contributed by atoms with van der Waals surface area (Å²) < 4.78 is 6.16. The second kappa shape index (κ2) is 7.53. The molecule has 0 N–H and O–H groups in total. The van der Waals surface area contributed by atoms with Crippen LogP contribution in [0.5, 0.6) is 5.75 Å². The summed E-state index contributed by atoms with van der Waals surface area (Å²) in [6, 6.07) is 7.06. The van der Waals surface area contributed by atoms with Gasteiger partial charge >= 0.3 is 0 Å². The van der Waals surface area contributed by atoms with E-state index in [2.05, 4.69) is 32.0 Å². The van der Waals surface area contributed by atoms with Crippen molar-refractivity contribution in [3.63, 3.8) is 0 Å². The Morgan fingerprint density at radius 2 is 1.73 bits per heavy atom. The molecule has 1 fully saturated rings. The molecule has 1 atom stereocenters. The van der Waals surface area contributed by atoms with Crippen LogP contribution < -0.4 is 4.74 Å². The zero-order valence-corrected chi connectivity index (χ0v) is 14.4. The third-order valence-corrected chi connectivity index (χ3v) is 5.74. The standard InChI is InChI=1S/C21H32O/c1-3-5-16-7-9-17(10-8-16)18-12-14-21-19(15-18)11-13-20(22-21)6-4-2/h12,14-17,20H,3-11,13H2,1-2H3. The molecular weight excluding hydrogens is 268 g/mol. The van der Waals surface area contributed by atoms with Crippen LogP contribution >= 0.6 is 0 Å². The fourth-order valence-electron chi connectivity index (χ4n) is 4.44. The van der Waals surface area contributed by atoms with E-state index in [1.165, 1.54) is 69.8 Å². The predicted octanol–water partition coefficient (Wildman–Crippen LogP) is 6.25. The van der Waals surface area contributed by atoms with Crippen LogP contribution in [0.1, 0.15) is 88.7 Å². The van der Waals surface area contributed by atoms with Crippen LogP contribution in [0, 0.1) is 5.92 Å². The van der Waals surface area contributed by atoms with Crippen LogP contribution in [0.4, 0.5) is 0 Å². The normalized spacial score (nSPS) is 28.0. The van der Waals surface area contributed by atoms with E-state index >= 15 is 0 Å². The quantitative estimate of drug-likeness (QED) is 0.624. The summed E-state index contributed by atoms with van der Waals surface area (Å²) in [6.45, 7) is 4.57. The molecule has 1 aromatic carbocycles. The lowest BCUT2D eigenvalue weighted by Gasteiger charge is -2.30. The van der Waals surface area contributed by atoms with Crippen molar-refractivity contribution >= 4 is 0 Å². The summed E-state index contributed by atoms with van der Waals surface area (Å²) in [6.07, 6.45) is 13.7. The highest BCUT2D eigenvalue weighted by Gasteiger charge is 2.24. The molecule has 0 aromatic heterocycles. The second-order valence-corrected chi connectivity index (χ2v) is 7.44. The van der Waals surface area contributed by atoms with Crippen LogP contribution in [0.15, 0.2) is 18.2 Å². The van der Waals surface area contributed by atoms with Gasteiger partial charge in [0.05, 0.1) is 6.10 Å². The Bertz CT molecular complexity index is 471. The van der Waals surface area contributed by atoms with Crippen molar-refractivity contribution in [2.24, 2.45) is 5.92 Å². The first kappa shape index (κ1) is 15.9. The number of hydrogen-bond acceptors (Lipinski definition) is 1. The summed E-state index contributed by atoms with van der Waals surface area (Å²) in [5.74, 6) is 2.96. The molecule has 0 bridgehead atoms. The lowest BCUT2D eigenvalue weighted by Crippen LogP contribution is -2.22. The fourth-order valence-corrected chi connectivity index (χ4v) is 4.44. The first-order valence-corrected chi connectivity index (χ1v) is 9.59. The smallest absolute Gasteiger partial charge is 0.122 e. The molecule has 0 radical (unpaired) electrons. The van der Waals surface area contributed by atoms with E-state index in [1.54, 1.807) is 5.56 Å². The van der Waals surface area contributed by atoms with Gasteiger partial charge in [-0.2, -0.15) is 0 Å². The van der Waals surface area contributed by atoms with E-state index in [4.69, 9.17) is 4.74 Å². The number of ether oxygens (including phenoxy) is 1.